The monoisotopic (exact) mass is 268 g/mol. The van der Waals surface area contributed by atoms with Gasteiger partial charge in [0.15, 0.2) is 0 Å². The third-order valence-corrected chi connectivity index (χ3v) is 5.85. The number of ketones is 1. The zero-order valence-corrected chi connectivity index (χ0v) is 11.9. The maximum atomic E-state index is 12.2. The van der Waals surface area contributed by atoms with Gasteiger partial charge >= 0.3 is 0 Å². The molecule has 1 aromatic carbocycles. The minimum Gasteiger partial charge on any atom is -0.508 e. The summed E-state index contributed by atoms with van der Waals surface area (Å²) in [6.45, 7) is 2.15. The van der Waals surface area contributed by atoms with Crippen molar-refractivity contribution in [3.63, 3.8) is 0 Å². The van der Waals surface area contributed by atoms with Crippen molar-refractivity contribution < 1.29 is 9.90 Å². The van der Waals surface area contributed by atoms with Gasteiger partial charge < -0.3 is 5.11 Å². The predicted molar refractivity (Wildman–Crippen MR) is 77.7 cm³/mol. The summed E-state index contributed by atoms with van der Waals surface area (Å²) in [6, 6.07) is 5.83. The summed E-state index contributed by atoms with van der Waals surface area (Å²) < 4.78 is 0. The van der Waals surface area contributed by atoms with E-state index in [4.69, 9.17) is 0 Å². The van der Waals surface area contributed by atoms with Crippen molar-refractivity contribution >= 4 is 5.78 Å². The molecule has 3 aliphatic rings. The topological polar surface area (TPSA) is 37.3 Å². The van der Waals surface area contributed by atoms with Gasteiger partial charge in [-0.15, -0.1) is 0 Å². The highest BCUT2D eigenvalue weighted by Gasteiger charge is 2.49. The molecule has 3 aliphatic carbocycles. The molecule has 0 spiro atoms. The number of fused-ring (bicyclic) bond motifs is 5. The number of carbonyl (C=O) groups excluding carboxylic acids is 1. The lowest BCUT2D eigenvalue weighted by Crippen LogP contribution is -2.38. The van der Waals surface area contributed by atoms with E-state index in [0.717, 1.165) is 25.7 Å². The highest BCUT2D eigenvalue weighted by atomic mass is 16.3. The molecule has 0 radical (unpaired) electrons. The summed E-state index contributed by atoms with van der Waals surface area (Å²) in [4.78, 5) is 12.2. The Morgan fingerprint density at radius 1 is 1.25 bits per heavy atom. The van der Waals surface area contributed by atoms with Crippen molar-refractivity contribution in [1.29, 1.82) is 0 Å². The van der Waals surface area contributed by atoms with E-state index in [0.29, 0.717) is 29.8 Å². The summed E-state index contributed by atoms with van der Waals surface area (Å²) in [6.07, 6.45) is 7.07. The second-order valence-corrected chi connectivity index (χ2v) is 6.79. The molecule has 3 atom stereocenters. The average molecular weight is 268 g/mol. The maximum absolute atomic E-state index is 12.2. The normalized spacial score (nSPS) is 35.0. The molecule has 1 N–H and O–H groups in total. The molecule has 2 nitrogen and oxygen atoms in total. The van der Waals surface area contributed by atoms with Crippen molar-refractivity contribution in [2.24, 2.45) is 11.3 Å². The molecule has 0 amide bonds. The lowest BCUT2D eigenvalue weighted by Gasteiger charge is -2.45. The third-order valence-electron chi connectivity index (χ3n) is 5.85. The number of hydrogen-bond acceptors (Lipinski definition) is 2. The van der Waals surface area contributed by atoms with Crippen LogP contribution in [0.4, 0.5) is 0 Å². The van der Waals surface area contributed by atoms with Gasteiger partial charge in [-0.3, -0.25) is 4.79 Å². The van der Waals surface area contributed by atoms with E-state index >= 15 is 0 Å². The number of aromatic hydroxyl groups is 1. The number of benzene rings is 1. The molecule has 0 aromatic heterocycles. The van der Waals surface area contributed by atoms with Crippen molar-refractivity contribution in [3.8, 4) is 5.75 Å². The lowest BCUT2D eigenvalue weighted by atomic mass is 9.58. The van der Waals surface area contributed by atoms with Gasteiger partial charge in [-0.2, -0.15) is 0 Å². The number of rotatable bonds is 0. The molecular formula is C18H20O2. The summed E-state index contributed by atoms with van der Waals surface area (Å²) in [5.74, 6) is 1.88. The van der Waals surface area contributed by atoms with Crippen LogP contribution in [0.1, 0.15) is 49.7 Å². The number of phenolic OH excluding ortho intramolecular Hbond substituents is 1. The number of allylic oxidation sites excluding steroid dienone is 2. The van der Waals surface area contributed by atoms with E-state index in [1.807, 2.05) is 12.1 Å². The fraction of sp³-hybridized carbons (Fsp3) is 0.500. The van der Waals surface area contributed by atoms with Crippen molar-refractivity contribution in [2.75, 3.05) is 0 Å². The van der Waals surface area contributed by atoms with Crippen LogP contribution in [0.2, 0.25) is 0 Å². The second-order valence-electron chi connectivity index (χ2n) is 6.79. The van der Waals surface area contributed by atoms with Crippen LogP contribution in [0.25, 0.3) is 0 Å². The SMILES string of the molecule is C[C@]12CCC3c4ccc(O)cc4CCC3C1=CCC2=O. The Kier molecular flexibility index (Phi) is 2.42. The highest BCUT2D eigenvalue weighted by Crippen LogP contribution is 2.57. The highest BCUT2D eigenvalue weighted by molar-refractivity contribution is 5.92. The molecule has 1 aromatic rings. The van der Waals surface area contributed by atoms with Crippen molar-refractivity contribution in [2.45, 2.75) is 44.9 Å². The van der Waals surface area contributed by atoms with E-state index in [1.165, 1.54) is 16.7 Å². The van der Waals surface area contributed by atoms with Crippen LogP contribution < -0.4 is 0 Å². The first-order chi connectivity index (χ1) is 9.59. The first kappa shape index (κ1) is 12.2. The number of aryl methyl sites for hydroxylation is 1. The van der Waals surface area contributed by atoms with E-state index in [9.17, 15) is 9.90 Å². The minimum absolute atomic E-state index is 0.171. The molecule has 4 rings (SSSR count). The van der Waals surface area contributed by atoms with Crippen LogP contribution in [0.3, 0.4) is 0 Å². The Bertz CT molecular complexity index is 628. The maximum Gasteiger partial charge on any atom is 0.146 e. The van der Waals surface area contributed by atoms with Crippen LogP contribution >= 0.6 is 0 Å². The molecule has 0 aliphatic heterocycles. The van der Waals surface area contributed by atoms with E-state index in [1.54, 1.807) is 0 Å². The average Bonchev–Trinajstić information content (AvgIpc) is 2.74. The van der Waals surface area contributed by atoms with E-state index < -0.39 is 0 Å². The predicted octanol–water partition coefficient (Wildman–Crippen LogP) is 3.74. The molecular weight excluding hydrogens is 248 g/mol. The van der Waals surface area contributed by atoms with Crippen LogP contribution in [-0.4, -0.2) is 10.9 Å². The molecule has 0 saturated heterocycles. The zero-order valence-electron chi connectivity index (χ0n) is 11.9. The Morgan fingerprint density at radius 3 is 2.95 bits per heavy atom. The Balaban J connectivity index is 1.77. The van der Waals surface area contributed by atoms with Gasteiger partial charge in [-0.05, 0) is 67.7 Å². The fourth-order valence-electron chi connectivity index (χ4n) is 4.73. The molecule has 20 heavy (non-hydrogen) atoms. The first-order valence-electron chi connectivity index (χ1n) is 7.65. The largest absolute Gasteiger partial charge is 0.508 e. The van der Waals surface area contributed by atoms with Gasteiger partial charge in [0.05, 0.1) is 0 Å². The lowest BCUT2D eigenvalue weighted by molar-refractivity contribution is -0.125. The molecule has 1 fully saturated rings. The van der Waals surface area contributed by atoms with Gasteiger partial charge in [0.1, 0.15) is 11.5 Å². The van der Waals surface area contributed by atoms with Gasteiger partial charge in [-0.25, -0.2) is 0 Å². The minimum atomic E-state index is -0.171. The summed E-state index contributed by atoms with van der Waals surface area (Å²) >= 11 is 0. The number of phenols is 1. The summed E-state index contributed by atoms with van der Waals surface area (Å²) in [5, 5.41) is 9.65. The summed E-state index contributed by atoms with van der Waals surface area (Å²) in [5.41, 5.74) is 3.95. The molecule has 104 valence electrons. The quantitative estimate of drug-likeness (QED) is 0.728. The fourth-order valence-corrected chi connectivity index (χ4v) is 4.73. The molecule has 2 heteroatoms. The van der Waals surface area contributed by atoms with Crippen LogP contribution in [0.5, 0.6) is 5.75 Å². The molecule has 1 saturated carbocycles. The Labute approximate surface area is 119 Å². The zero-order chi connectivity index (χ0) is 13.9. The van der Waals surface area contributed by atoms with E-state index in [-0.39, 0.29) is 5.41 Å². The van der Waals surface area contributed by atoms with Gasteiger partial charge in [0.2, 0.25) is 0 Å². The van der Waals surface area contributed by atoms with Crippen molar-refractivity contribution in [3.05, 3.63) is 41.0 Å². The Morgan fingerprint density at radius 2 is 2.10 bits per heavy atom. The van der Waals surface area contributed by atoms with Crippen LogP contribution in [-0.2, 0) is 11.2 Å². The van der Waals surface area contributed by atoms with Crippen LogP contribution in [0.15, 0.2) is 29.8 Å². The smallest absolute Gasteiger partial charge is 0.146 e. The van der Waals surface area contributed by atoms with Gasteiger partial charge in [0, 0.05) is 11.8 Å². The molecule has 0 heterocycles. The third kappa shape index (κ3) is 1.48. The molecule has 2 unspecified atom stereocenters. The van der Waals surface area contributed by atoms with E-state index in [2.05, 4.69) is 19.1 Å². The number of hydrogen-bond donors (Lipinski definition) is 1. The second kappa shape index (κ2) is 3.97. The van der Waals surface area contributed by atoms with Gasteiger partial charge in [-0.1, -0.05) is 17.7 Å². The summed E-state index contributed by atoms with van der Waals surface area (Å²) in [7, 11) is 0. The van der Waals surface area contributed by atoms with Crippen molar-refractivity contribution in [1.82, 2.24) is 0 Å². The number of carbonyl (C=O) groups is 1. The van der Waals surface area contributed by atoms with Crippen LogP contribution in [0, 0.1) is 11.3 Å². The van der Waals surface area contributed by atoms with Gasteiger partial charge in [0.25, 0.3) is 0 Å². The molecule has 0 bridgehead atoms. The first-order valence-corrected chi connectivity index (χ1v) is 7.65. The Hall–Kier alpha value is -1.57. The standard InChI is InChI=1S/C18H20O2/c1-18-9-8-14-13-5-3-12(19)10-11(13)2-4-15(14)16(18)6-7-17(18)20/h3,5-6,10,14-15,19H,2,4,7-9H2,1H3/t14?,15?,18-/m0/s1. The number of Topliss-reactive ketones (excluding diaryl/α,β-unsaturated/α-hetero) is 1.